The van der Waals surface area contributed by atoms with Gasteiger partial charge in [-0.25, -0.2) is 14.6 Å². The Hall–Kier alpha value is -4.14. The second-order valence-electron chi connectivity index (χ2n) is 6.67. The fourth-order valence-corrected chi connectivity index (χ4v) is 2.91. The molecule has 4 rings (SSSR count). The normalized spacial score (nSPS) is 11.9. The highest BCUT2D eigenvalue weighted by Gasteiger charge is 2.24. The molecule has 0 saturated carbocycles. The van der Waals surface area contributed by atoms with Crippen LogP contribution in [-0.4, -0.2) is 32.9 Å². The molecule has 0 fully saturated rings. The van der Waals surface area contributed by atoms with E-state index in [0.717, 1.165) is 5.56 Å². The van der Waals surface area contributed by atoms with Gasteiger partial charge in [0.2, 0.25) is 5.89 Å². The maximum absolute atomic E-state index is 12.5. The number of nitrogens with zero attached hydrogens (tertiary/aromatic N) is 1. The number of amides is 1. The van der Waals surface area contributed by atoms with E-state index in [0.29, 0.717) is 28.4 Å². The third-order valence-electron chi connectivity index (χ3n) is 4.45. The van der Waals surface area contributed by atoms with Gasteiger partial charge in [-0.3, -0.25) is 4.79 Å². The molecule has 2 aromatic heterocycles. The molecule has 2 aromatic carbocycles. The number of aromatic amines is 2. The van der Waals surface area contributed by atoms with E-state index < -0.39 is 18.0 Å². The molecule has 0 spiro atoms. The monoisotopic (exact) mass is 406 g/mol. The topological polar surface area (TPSA) is 130 Å². The molecule has 9 heteroatoms. The molecule has 4 aromatic rings. The molecular weight excluding hydrogens is 388 g/mol. The van der Waals surface area contributed by atoms with E-state index in [1.807, 2.05) is 30.3 Å². The lowest BCUT2D eigenvalue weighted by atomic mass is 10.2. The average molecular weight is 406 g/mol. The van der Waals surface area contributed by atoms with Crippen LogP contribution in [0.5, 0.6) is 0 Å². The van der Waals surface area contributed by atoms with Crippen molar-refractivity contribution in [2.24, 2.45) is 0 Å². The molecule has 9 nitrogen and oxygen atoms in total. The van der Waals surface area contributed by atoms with Crippen molar-refractivity contribution in [2.75, 3.05) is 5.32 Å². The van der Waals surface area contributed by atoms with Crippen molar-refractivity contribution in [3.05, 3.63) is 70.5 Å². The number of oxazole rings is 1. The third kappa shape index (κ3) is 3.86. The second-order valence-corrected chi connectivity index (χ2v) is 6.67. The van der Waals surface area contributed by atoms with Crippen LogP contribution in [0, 0.1) is 6.92 Å². The van der Waals surface area contributed by atoms with Crippen LogP contribution < -0.4 is 11.0 Å². The molecule has 0 bridgehead atoms. The Morgan fingerprint density at radius 2 is 1.83 bits per heavy atom. The van der Waals surface area contributed by atoms with Crippen molar-refractivity contribution in [2.45, 2.75) is 20.0 Å². The molecule has 0 aliphatic carbocycles. The number of H-pyrrole nitrogens is 2. The fourth-order valence-electron chi connectivity index (χ4n) is 2.91. The lowest BCUT2D eigenvalue weighted by molar-refractivity contribution is -0.123. The molecule has 1 atom stereocenters. The van der Waals surface area contributed by atoms with Gasteiger partial charge >= 0.3 is 11.7 Å². The number of carbonyl (C=O) groups excluding carboxylic acids is 2. The van der Waals surface area contributed by atoms with E-state index in [2.05, 4.69) is 20.3 Å². The number of anilines is 1. The number of benzene rings is 2. The van der Waals surface area contributed by atoms with Gasteiger partial charge in [0.15, 0.2) is 11.8 Å². The lowest BCUT2D eigenvalue weighted by Crippen LogP contribution is -2.30. The number of hydrogen-bond donors (Lipinski definition) is 3. The van der Waals surface area contributed by atoms with Crippen molar-refractivity contribution in [3.8, 4) is 11.5 Å². The van der Waals surface area contributed by atoms with Crippen molar-refractivity contribution in [3.63, 3.8) is 0 Å². The summed E-state index contributed by atoms with van der Waals surface area (Å²) in [6.07, 6.45) is -1.07. The number of ether oxygens (including phenoxy) is 1. The van der Waals surface area contributed by atoms with Crippen LogP contribution in [0.1, 0.15) is 23.2 Å². The number of nitrogens with one attached hydrogen (secondary N) is 3. The van der Waals surface area contributed by atoms with E-state index in [1.165, 1.54) is 6.92 Å². The van der Waals surface area contributed by atoms with Gasteiger partial charge in [0, 0.05) is 11.3 Å². The van der Waals surface area contributed by atoms with E-state index in [4.69, 9.17) is 9.15 Å². The first-order valence-corrected chi connectivity index (χ1v) is 9.17. The zero-order chi connectivity index (χ0) is 21.3. The molecule has 2 heterocycles. The number of rotatable bonds is 5. The Morgan fingerprint density at radius 3 is 2.60 bits per heavy atom. The highest BCUT2D eigenvalue weighted by Crippen LogP contribution is 2.22. The molecular formula is C21H18N4O5. The van der Waals surface area contributed by atoms with Crippen LogP contribution in [-0.2, 0) is 9.53 Å². The second kappa shape index (κ2) is 7.70. The molecule has 1 amide bonds. The highest BCUT2D eigenvalue weighted by atomic mass is 16.5. The molecule has 30 heavy (non-hydrogen) atoms. The largest absolute Gasteiger partial charge is 0.448 e. The third-order valence-corrected chi connectivity index (χ3v) is 4.45. The maximum Gasteiger partial charge on any atom is 0.361 e. The van der Waals surface area contributed by atoms with Crippen LogP contribution in [0.3, 0.4) is 0 Å². The Morgan fingerprint density at radius 1 is 1.10 bits per heavy atom. The van der Waals surface area contributed by atoms with Gasteiger partial charge in [-0.1, -0.05) is 18.2 Å². The van der Waals surface area contributed by atoms with Crippen LogP contribution in [0.25, 0.3) is 22.5 Å². The van der Waals surface area contributed by atoms with Crippen LogP contribution in [0.15, 0.2) is 57.7 Å². The predicted molar refractivity (Wildman–Crippen MR) is 109 cm³/mol. The first-order chi connectivity index (χ1) is 14.4. The number of carbonyl (C=O) groups is 2. The van der Waals surface area contributed by atoms with Crippen molar-refractivity contribution in [1.82, 2.24) is 15.0 Å². The number of aromatic nitrogens is 3. The van der Waals surface area contributed by atoms with Gasteiger partial charge < -0.3 is 24.4 Å². The summed E-state index contributed by atoms with van der Waals surface area (Å²) in [5, 5.41) is 2.65. The van der Waals surface area contributed by atoms with E-state index in [1.54, 1.807) is 25.1 Å². The summed E-state index contributed by atoms with van der Waals surface area (Å²) in [7, 11) is 0. The smallest absolute Gasteiger partial charge is 0.361 e. The summed E-state index contributed by atoms with van der Waals surface area (Å²) < 4.78 is 10.8. The minimum Gasteiger partial charge on any atom is -0.448 e. The minimum absolute atomic E-state index is 0.0137. The lowest BCUT2D eigenvalue weighted by Gasteiger charge is -2.13. The number of fused-ring (bicyclic) bond motifs is 1. The Bertz CT molecular complexity index is 1290. The summed E-state index contributed by atoms with van der Waals surface area (Å²) in [6.45, 7) is 3.06. The van der Waals surface area contributed by atoms with Crippen LogP contribution >= 0.6 is 0 Å². The van der Waals surface area contributed by atoms with Crippen molar-refractivity contribution >= 4 is 28.6 Å². The van der Waals surface area contributed by atoms with Gasteiger partial charge in [0.25, 0.3) is 5.91 Å². The summed E-state index contributed by atoms with van der Waals surface area (Å²) >= 11 is 0. The summed E-state index contributed by atoms with van der Waals surface area (Å²) in [6, 6.07) is 14.0. The van der Waals surface area contributed by atoms with Crippen LogP contribution in [0.4, 0.5) is 5.69 Å². The number of aryl methyl sites for hydroxylation is 1. The summed E-state index contributed by atoms with van der Waals surface area (Å²) in [5.74, 6) is -0.684. The van der Waals surface area contributed by atoms with Gasteiger partial charge in [-0.15, -0.1) is 0 Å². The first-order valence-electron chi connectivity index (χ1n) is 9.17. The molecule has 152 valence electrons. The quantitative estimate of drug-likeness (QED) is 0.437. The Kier molecular flexibility index (Phi) is 4.93. The van der Waals surface area contributed by atoms with E-state index >= 15 is 0 Å². The van der Waals surface area contributed by atoms with Crippen molar-refractivity contribution < 1.29 is 18.7 Å². The SMILES string of the molecule is Cc1oc(-c2ccccc2)nc1C(=O)O[C@H](C)C(=O)Nc1ccc2[nH]c(=O)[nH]c2c1. The average Bonchev–Trinajstić information content (AvgIpc) is 3.30. The maximum atomic E-state index is 12.5. The van der Waals surface area contributed by atoms with E-state index in [9.17, 15) is 14.4 Å². The highest BCUT2D eigenvalue weighted by molar-refractivity contribution is 5.98. The van der Waals surface area contributed by atoms with Gasteiger partial charge in [0.05, 0.1) is 11.0 Å². The minimum atomic E-state index is -1.07. The van der Waals surface area contributed by atoms with Gasteiger partial charge in [-0.2, -0.15) is 0 Å². The molecule has 0 aliphatic rings. The number of hydrogen-bond acceptors (Lipinski definition) is 6. The number of imidazole rings is 1. The molecule has 3 N–H and O–H groups in total. The van der Waals surface area contributed by atoms with Crippen LogP contribution in [0.2, 0.25) is 0 Å². The molecule has 0 saturated heterocycles. The predicted octanol–water partition coefficient (Wildman–Crippen LogP) is 3.00. The zero-order valence-corrected chi connectivity index (χ0v) is 16.2. The van der Waals surface area contributed by atoms with E-state index in [-0.39, 0.29) is 11.4 Å². The summed E-state index contributed by atoms with van der Waals surface area (Å²) in [4.78, 5) is 45.7. The standard InChI is InChI=1S/C21H18N4O5/c1-11-17(25-19(29-11)13-6-4-3-5-7-13)20(27)30-12(2)18(26)22-14-8-9-15-16(10-14)24-21(28)23-15/h3-10,12H,1-2H3,(H,22,26)(H2,23,24,28)/t12-/m1/s1. The van der Waals surface area contributed by atoms with Gasteiger partial charge in [-0.05, 0) is 44.2 Å². The van der Waals surface area contributed by atoms with Crippen molar-refractivity contribution in [1.29, 1.82) is 0 Å². The zero-order valence-electron chi connectivity index (χ0n) is 16.2. The van der Waals surface area contributed by atoms with Gasteiger partial charge in [0.1, 0.15) is 5.76 Å². The molecule has 0 aliphatic heterocycles. The molecule has 0 radical (unpaired) electrons. The first kappa shape index (κ1) is 19.2. The summed E-state index contributed by atoms with van der Waals surface area (Å²) in [5.41, 5.74) is 2.02. The Labute approximate surface area is 170 Å². The fraction of sp³-hybridized carbons (Fsp3) is 0.143. The Balaban J connectivity index is 1.44. The number of esters is 1. The molecule has 0 unspecified atom stereocenters.